The Morgan fingerprint density at radius 2 is 2.03 bits per heavy atom. The number of aromatic nitrogens is 1. The number of rotatable bonds is 5. The molecule has 1 aromatic heterocycles. The molecule has 0 spiro atoms. The summed E-state index contributed by atoms with van der Waals surface area (Å²) in [4.78, 5) is 18.6. The average Bonchev–Trinajstić information content (AvgIpc) is 3.15. The maximum atomic E-state index is 12.2. The molecule has 164 valence electrons. The molecular formula is C23H29N5O3. The molecule has 2 amide bonds. The van der Waals surface area contributed by atoms with Gasteiger partial charge in [-0.3, -0.25) is 5.32 Å². The summed E-state index contributed by atoms with van der Waals surface area (Å²) in [5, 5.41) is 7.10. The summed E-state index contributed by atoms with van der Waals surface area (Å²) in [6.07, 6.45) is 5.34. The molecule has 2 aliphatic rings. The van der Waals surface area contributed by atoms with Gasteiger partial charge in [0.25, 0.3) is 0 Å². The maximum Gasteiger partial charge on any atom is 0.340 e. The van der Waals surface area contributed by atoms with Crippen molar-refractivity contribution in [3.8, 4) is 11.5 Å². The number of anilines is 1. The Morgan fingerprint density at radius 1 is 1.19 bits per heavy atom. The second kappa shape index (κ2) is 8.93. The number of likely N-dealkylation sites (N-methyl/N-ethyl adjacent to an activating group) is 1. The molecule has 31 heavy (non-hydrogen) atoms. The monoisotopic (exact) mass is 423 g/mol. The number of amides is 2. The van der Waals surface area contributed by atoms with Gasteiger partial charge in [-0.15, -0.1) is 0 Å². The lowest BCUT2D eigenvalue weighted by Gasteiger charge is -2.42. The lowest BCUT2D eigenvalue weighted by Crippen LogP contribution is -2.46. The predicted octanol–water partition coefficient (Wildman–Crippen LogP) is 3.40. The number of hydrogen-bond donors (Lipinski definition) is 2. The first kappa shape index (κ1) is 21.1. The number of ether oxygens (including phenoxy) is 2. The fourth-order valence-corrected chi connectivity index (χ4v) is 4.89. The lowest BCUT2D eigenvalue weighted by molar-refractivity contribution is 0.225. The zero-order valence-corrected chi connectivity index (χ0v) is 18.2. The molecule has 0 radical (unpaired) electrons. The van der Waals surface area contributed by atoms with Gasteiger partial charge in [-0.2, -0.15) is 5.10 Å². The molecule has 4 rings (SSSR count). The number of fused-ring (bicyclic) bond motifs is 1. The van der Waals surface area contributed by atoms with Gasteiger partial charge in [0.05, 0.1) is 14.2 Å². The third kappa shape index (κ3) is 4.20. The molecule has 1 aliphatic carbocycles. The highest BCUT2D eigenvalue weighted by Crippen LogP contribution is 2.49. The highest BCUT2D eigenvalue weighted by molar-refractivity contribution is 5.91. The number of pyridine rings is 1. The van der Waals surface area contributed by atoms with E-state index >= 15 is 0 Å². The molecule has 2 heterocycles. The highest BCUT2D eigenvalue weighted by atomic mass is 16.5. The molecule has 2 N–H and O–H groups in total. The Kier molecular flexibility index (Phi) is 6.08. The number of methoxy groups -OCH3 is 2. The van der Waals surface area contributed by atoms with E-state index in [1.807, 2.05) is 12.1 Å². The third-order valence-electron chi connectivity index (χ3n) is 6.55. The van der Waals surface area contributed by atoms with Crippen LogP contribution in [0.2, 0.25) is 0 Å². The van der Waals surface area contributed by atoms with Crippen molar-refractivity contribution >= 4 is 17.6 Å². The van der Waals surface area contributed by atoms with Gasteiger partial charge in [0.1, 0.15) is 5.82 Å². The van der Waals surface area contributed by atoms with E-state index in [0.29, 0.717) is 11.9 Å². The lowest BCUT2D eigenvalue weighted by atomic mass is 9.65. The van der Waals surface area contributed by atoms with Crippen molar-refractivity contribution in [1.29, 1.82) is 0 Å². The molecule has 0 unspecified atom stereocenters. The standard InChI is InChI=1S/C23H29N5O3/c1-28-13-11-23(16-7-8-18(30-2)19(14-16)31-3)10-9-17(15-20(23)28)26-27-22(29)25-21-6-4-5-12-24-21/h4-8,12,14,20H,9-11,13,15H2,1-3H3,(H2,24,25,27,29)/t20-,23-/m0/s1. The molecular weight excluding hydrogens is 394 g/mol. The van der Waals surface area contributed by atoms with Gasteiger partial charge in [-0.1, -0.05) is 12.1 Å². The molecule has 1 aliphatic heterocycles. The van der Waals surface area contributed by atoms with E-state index in [4.69, 9.17) is 9.47 Å². The fourth-order valence-electron chi connectivity index (χ4n) is 4.89. The fraction of sp³-hybridized carbons (Fsp3) is 0.435. The zero-order chi connectivity index (χ0) is 21.8. The van der Waals surface area contributed by atoms with Crippen LogP contribution in [0, 0.1) is 0 Å². The number of nitrogens with one attached hydrogen (secondary N) is 2. The molecule has 1 saturated carbocycles. The minimum Gasteiger partial charge on any atom is -0.493 e. The number of hydrazone groups is 1. The third-order valence-corrected chi connectivity index (χ3v) is 6.55. The molecule has 1 aromatic carbocycles. The van der Waals surface area contributed by atoms with Gasteiger partial charge in [0, 0.05) is 29.8 Å². The molecule has 1 saturated heterocycles. The first-order valence-electron chi connectivity index (χ1n) is 10.5. The largest absolute Gasteiger partial charge is 0.493 e. The maximum absolute atomic E-state index is 12.2. The van der Waals surface area contributed by atoms with E-state index < -0.39 is 0 Å². The van der Waals surface area contributed by atoms with Gasteiger partial charge < -0.3 is 14.4 Å². The average molecular weight is 424 g/mol. The molecule has 8 nitrogen and oxygen atoms in total. The van der Waals surface area contributed by atoms with Crippen molar-refractivity contribution in [2.24, 2.45) is 5.10 Å². The van der Waals surface area contributed by atoms with Crippen LogP contribution in [0.5, 0.6) is 11.5 Å². The van der Waals surface area contributed by atoms with E-state index in [9.17, 15) is 4.79 Å². The molecule has 2 aromatic rings. The Bertz CT molecular complexity index is 965. The Labute approximate surface area is 182 Å². The first-order valence-corrected chi connectivity index (χ1v) is 10.5. The molecule has 2 fully saturated rings. The van der Waals surface area contributed by atoms with Gasteiger partial charge in [0.15, 0.2) is 11.5 Å². The van der Waals surface area contributed by atoms with Crippen LogP contribution in [-0.4, -0.2) is 55.5 Å². The number of hydrogen-bond acceptors (Lipinski definition) is 6. The van der Waals surface area contributed by atoms with Crippen LogP contribution in [-0.2, 0) is 5.41 Å². The minimum atomic E-state index is -0.386. The van der Waals surface area contributed by atoms with Gasteiger partial charge >= 0.3 is 6.03 Å². The van der Waals surface area contributed by atoms with Crippen molar-refractivity contribution in [3.05, 3.63) is 48.2 Å². The molecule has 8 heteroatoms. The smallest absolute Gasteiger partial charge is 0.340 e. The van der Waals surface area contributed by atoms with Crippen molar-refractivity contribution < 1.29 is 14.3 Å². The number of likely N-dealkylation sites (tertiary alicyclic amines) is 1. The number of nitrogens with zero attached hydrogens (tertiary/aromatic N) is 3. The summed E-state index contributed by atoms with van der Waals surface area (Å²) in [6.45, 7) is 1.03. The predicted molar refractivity (Wildman–Crippen MR) is 120 cm³/mol. The van der Waals surface area contributed by atoms with Crippen LogP contribution in [0.1, 0.15) is 31.2 Å². The summed E-state index contributed by atoms with van der Waals surface area (Å²) in [7, 11) is 5.49. The van der Waals surface area contributed by atoms with Gasteiger partial charge in [-0.05, 0) is 62.7 Å². The second-order valence-electron chi connectivity index (χ2n) is 8.14. The Balaban J connectivity index is 1.49. The summed E-state index contributed by atoms with van der Waals surface area (Å²) in [5.74, 6) is 1.99. The highest BCUT2D eigenvalue weighted by Gasteiger charge is 2.49. The molecule has 2 atom stereocenters. The van der Waals surface area contributed by atoms with Crippen LogP contribution >= 0.6 is 0 Å². The van der Waals surface area contributed by atoms with Crippen molar-refractivity contribution in [2.75, 3.05) is 33.1 Å². The van der Waals surface area contributed by atoms with Crippen molar-refractivity contribution in [1.82, 2.24) is 15.3 Å². The number of urea groups is 1. The summed E-state index contributed by atoms with van der Waals surface area (Å²) in [6, 6.07) is 11.6. The number of carbonyl (C=O) groups is 1. The SMILES string of the molecule is COc1ccc([C@@]23CCC(=NNC(=O)Nc4ccccn4)C[C@@H]2N(C)CC3)cc1OC. The first-order chi connectivity index (χ1) is 15.1. The van der Waals surface area contributed by atoms with Crippen LogP contribution < -0.4 is 20.2 Å². The van der Waals surface area contributed by atoms with Gasteiger partial charge in [-0.25, -0.2) is 15.2 Å². The number of carbonyl (C=O) groups excluding carboxylic acids is 1. The van der Waals surface area contributed by atoms with Crippen molar-refractivity contribution in [3.63, 3.8) is 0 Å². The topological polar surface area (TPSA) is 88.1 Å². The van der Waals surface area contributed by atoms with Crippen LogP contribution in [0.15, 0.2) is 47.7 Å². The minimum absolute atomic E-state index is 0.0452. The Hall–Kier alpha value is -3.13. The summed E-state index contributed by atoms with van der Waals surface area (Å²) in [5.41, 5.74) is 4.95. The van der Waals surface area contributed by atoms with Crippen LogP contribution in [0.4, 0.5) is 10.6 Å². The van der Waals surface area contributed by atoms with E-state index in [1.54, 1.807) is 32.5 Å². The van der Waals surface area contributed by atoms with E-state index in [0.717, 1.165) is 49.4 Å². The van der Waals surface area contributed by atoms with Crippen LogP contribution in [0.25, 0.3) is 0 Å². The Morgan fingerprint density at radius 3 is 2.77 bits per heavy atom. The summed E-state index contributed by atoms with van der Waals surface area (Å²) >= 11 is 0. The van der Waals surface area contributed by atoms with E-state index in [2.05, 4.69) is 44.9 Å². The normalized spacial score (nSPS) is 24.5. The van der Waals surface area contributed by atoms with Crippen LogP contribution in [0.3, 0.4) is 0 Å². The second-order valence-corrected chi connectivity index (χ2v) is 8.14. The van der Waals surface area contributed by atoms with E-state index in [1.165, 1.54) is 5.56 Å². The molecule has 0 bridgehead atoms. The van der Waals surface area contributed by atoms with E-state index in [-0.39, 0.29) is 11.4 Å². The summed E-state index contributed by atoms with van der Waals surface area (Å²) < 4.78 is 11.0. The zero-order valence-electron chi connectivity index (χ0n) is 18.2. The van der Waals surface area contributed by atoms with Gasteiger partial charge in [0.2, 0.25) is 0 Å². The number of benzene rings is 1. The quantitative estimate of drug-likeness (QED) is 0.720. The van der Waals surface area contributed by atoms with Crippen molar-refractivity contribution in [2.45, 2.75) is 37.1 Å².